The predicted molar refractivity (Wildman–Crippen MR) is 38.5 cm³/mol. The van der Waals surface area contributed by atoms with Crippen LogP contribution in [0.1, 0.15) is 25.7 Å². The third-order valence-corrected chi connectivity index (χ3v) is 1.76. The molecule has 0 radical (unpaired) electrons. The lowest BCUT2D eigenvalue weighted by atomic mass is 9.96. The van der Waals surface area contributed by atoms with Crippen LogP contribution in [-0.4, -0.2) is 11.9 Å². The summed E-state index contributed by atoms with van der Waals surface area (Å²) in [6, 6.07) is 0. The van der Waals surface area contributed by atoms with Crippen LogP contribution in [0.15, 0.2) is 12.8 Å². The number of carbonyl (C=O) groups excluding carboxylic acids is 1. The molecule has 0 aliphatic heterocycles. The number of carbonyl (C=O) groups is 1. The van der Waals surface area contributed by atoms with Crippen molar-refractivity contribution < 1.29 is 9.53 Å². The molecule has 0 heterocycles. The SMILES string of the molecule is C=COC1CCCCC1=O. The zero-order valence-corrected chi connectivity index (χ0v) is 6.01. The first kappa shape index (κ1) is 7.32. The Hall–Kier alpha value is -0.790. The third kappa shape index (κ3) is 1.59. The van der Waals surface area contributed by atoms with Gasteiger partial charge >= 0.3 is 0 Å². The van der Waals surface area contributed by atoms with Gasteiger partial charge in [-0.05, 0) is 19.3 Å². The molecule has 0 saturated heterocycles. The standard InChI is InChI=1S/C8H12O2/c1-2-10-8-6-4-3-5-7(8)9/h2,8H,1,3-6H2. The van der Waals surface area contributed by atoms with Gasteiger partial charge < -0.3 is 4.74 Å². The quantitative estimate of drug-likeness (QED) is 0.545. The lowest BCUT2D eigenvalue weighted by Crippen LogP contribution is -2.25. The van der Waals surface area contributed by atoms with Gasteiger partial charge in [-0.1, -0.05) is 6.58 Å². The summed E-state index contributed by atoms with van der Waals surface area (Å²) in [5.74, 6) is 0.228. The highest BCUT2D eigenvalue weighted by Crippen LogP contribution is 2.16. The van der Waals surface area contributed by atoms with Gasteiger partial charge in [0.1, 0.15) is 0 Å². The average Bonchev–Trinajstić information content (AvgIpc) is 1.94. The first-order chi connectivity index (χ1) is 4.84. The largest absolute Gasteiger partial charge is 0.491 e. The third-order valence-electron chi connectivity index (χ3n) is 1.76. The molecule has 1 unspecified atom stereocenters. The Balaban J connectivity index is 2.39. The van der Waals surface area contributed by atoms with Crippen molar-refractivity contribution in [1.82, 2.24) is 0 Å². The van der Waals surface area contributed by atoms with Crippen molar-refractivity contribution in [3.8, 4) is 0 Å². The van der Waals surface area contributed by atoms with Gasteiger partial charge in [0.05, 0.1) is 6.26 Å². The number of Topliss-reactive ketones (excluding diaryl/α,β-unsaturated/α-hetero) is 1. The summed E-state index contributed by atoms with van der Waals surface area (Å²) in [7, 11) is 0. The lowest BCUT2D eigenvalue weighted by molar-refractivity contribution is -0.129. The van der Waals surface area contributed by atoms with Gasteiger partial charge in [-0.3, -0.25) is 4.79 Å². The summed E-state index contributed by atoms with van der Waals surface area (Å²) >= 11 is 0. The van der Waals surface area contributed by atoms with Crippen molar-refractivity contribution in [2.75, 3.05) is 0 Å². The second-order valence-corrected chi connectivity index (χ2v) is 2.50. The molecule has 2 heteroatoms. The van der Waals surface area contributed by atoms with Crippen LogP contribution in [0.5, 0.6) is 0 Å². The molecule has 2 nitrogen and oxygen atoms in total. The molecule has 0 bridgehead atoms. The summed E-state index contributed by atoms with van der Waals surface area (Å²) in [5.41, 5.74) is 0. The molecule has 0 aromatic rings. The van der Waals surface area contributed by atoms with E-state index in [0.717, 1.165) is 19.3 Å². The number of ketones is 1. The monoisotopic (exact) mass is 140 g/mol. The highest BCUT2D eigenvalue weighted by Gasteiger charge is 2.21. The molecule has 0 amide bonds. The molecule has 0 N–H and O–H groups in total. The first-order valence-electron chi connectivity index (χ1n) is 3.63. The van der Waals surface area contributed by atoms with E-state index < -0.39 is 0 Å². The smallest absolute Gasteiger partial charge is 0.173 e. The van der Waals surface area contributed by atoms with Gasteiger partial charge in [0, 0.05) is 6.42 Å². The number of hydrogen-bond acceptors (Lipinski definition) is 2. The van der Waals surface area contributed by atoms with E-state index in [9.17, 15) is 4.79 Å². The van der Waals surface area contributed by atoms with E-state index in [0.29, 0.717) is 6.42 Å². The van der Waals surface area contributed by atoms with Gasteiger partial charge in [-0.15, -0.1) is 0 Å². The van der Waals surface area contributed by atoms with Gasteiger partial charge in [0.15, 0.2) is 11.9 Å². The molecule has 1 aliphatic rings. The molecule has 0 spiro atoms. The molecule has 0 aromatic heterocycles. The number of rotatable bonds is 2. The maximum atomic E-state index is 11.0. The summed E-state index contributed by atoms with van der Waals surface area (Å²) in [4.78, 5) is 11.0. The van der Waals surface area contributed by atoms with Crippen LogP contribution in [0.4, 0.5) is 0 Å². The lowest BCUT2D eigenvalue weighted by Gasteiger charge is -2.19. The van der Waals surface area contributed by atoms with Crippen LogP contribution in [0.2, 0.25) is 0 Å². The van der Waals surface area contributed by atoms with Crippen LogP contribution >= 0.6 is 0 Å². The molecule has 10 heavy (non-hydrogen) atoms. The second-order valence-electron chi connectivity index (χ2n) is 2.50. The molecule has 1 fully saturated rings. The minimum Gasteiger partial charge on any atom is -0.491 e. The normalized spacial score (nSPS) is 26.0. The molecular formula is C8H12O2. The Morgan fingerprint density at radius 3 is 3.00 bits per heavy atom. The van der Waals surface area contributed by atoms with E-state index >= 15 is 0 Å². The summed E-state index contributed by atoms with van der Waals surface area (Å²) < 4.78 is 5.01. The highest BCUT2D eigenvalue weighted by molar-refractivity contribution is 5.83. The fourth-order valence-corrected chi connectivity index (χ4v) is 1.21. The Bertz CT molecular complexity index is 140. The van der Waals surface area contributed by atoms with E-state index in [1.165, 1.54) is 6.26 Å². The van der Waals surface area contributed by atoms with Crippen LogP contribution in [0.3, 0.4) is 0 Å². The van der Waals surface area contributed by atoms with E-state index in [1.54, 1.807) is 0 Å². The van der Waals surface area contributed by atoms with Gasteiger partial charge in [-0.25, -0.2) is 0 Å². The van der Waals surface area contributed by atoms with Crippen LogP contribution in [0, 0.1) is 0 Å². The van der Waals surface area contributed by atoms with Crippen molar-refractivity contribution in [3.63, 3.8) is 0 Å². The molecule has 1 aliphatic carbocycles. The molecule has 1 rings (SSSR count). The van der Waals surface area contributed by atoms with Crippen molar-refractivity contribution in [1.29, 1.82) is 0 Å². The van der Waals surface area contributed by atoms with E-state index in [1.807, 2.05) is 0 Å². The van der Waals surface area contributed by atoms with Gasteiger partial charge in [0.2, 0.25) is 0 Å². The average molecular weight is 140 g/mol. The van der Waals surface area contributed by atoms with Crippen molar-refractivity contribution in [2.45, 2.75) is 31.8 Å². The van der Waals surface area contributed by atoms with Crippen LogP contribution < -0.4 is 0 Å². The molecule has 56 valence electrons. The summed E-state index contributed by atoms with van der Waals surface area (Å²) in [5, 5.41) is 0. The fraction of sp³-hybridized carbons (Fsp3) is 0.625. The zero-order valence-electron chi connectivity index (χ0n) is 6.01. The fourth-order valence-electron chi connectivity index (χ4n) is 1.21. The van der Waals surface area contributed by atoms with Gasteiger partial charge in [-0.2, -0.15) is 0 Å². The summed E-state index contributed by atoms with van der Waals surface area (Å²) in [6.07, 6.45) is 4.84. The second kappa shape index (κ2) is 3.40. The molecule has 0 aromatic carbocycles. The van der Waals surface area contributed by atoms with Crippen molar-refractivity contribution in [2.24, 2.45) is 0 Å². The molecular weight excluding hydrogens is 128 g/mol. The minimum atomic E-state index is -0.189. The highest BCUT2D eigenvalue weighted by atomic mass is 16.5. The predicted octanol–water partition coefficient (Wildman–Crippen LogP) is 1.66. The van der Waals surface area contributed by atoms with E-state index in [4.69, 9.17) is 4.74 Å². The maximum absolute atomic E-state index is 11.0. The van der Waals surface area contributed by atoms with E-state index in [-0.39, 0.29) is 11.9 Å². The number of hydrogen-bond donors (Lipinski definition) is 0. The molecule has 1 atom stereocenters. The van der Waals surface area contributed by atoms with E-state index in [2.05, 4.69) is 6.58 Å². The number of ether oxygens (including phenoxy) is 1. The zero-order chi connectivity index (χ0) is 7.40. The minimum absolute atomic E-state index is 0.189. The van der Waals surface area contributed by atoms with Crippen molar-refractivity contribution >= 4 is 5.78 Å². The molecule has 1 saturated carbocycles. The Labute approximate surface area is 60.9 Å². The van der Waals surface area contributed by atoms with Gasteiger partial charge in [0.25, 0.3) is 0 Å². The summed E-state index contributed by atoms with van der Waals surface area (Å²) in [6.45, 7) is 3.41. The Kier molecular flexibility index (Phi) is 2.49. The Morgan fingerprint density at radius 2 is 2.40 bits per heavy atom. The maximum Gasteiger partial charge on any atom is 0.173 e. The van der Waals surface area contributed by atoms with Crippen molar-refractivity contribution in [3.05, 3.63) is 12.8 Å². The van der Waals surface area contributed by atoms with Crippen LogP contribution in [0.25, 0.3) is 0 Å². The Morgan fingerprint density at radius 1 is 1.60 bits per heavy atom. The topological polar surface area (TPSA) is 26.3 Å². The van der Waals surface area contributed by atoms with Crippen LogP contribution in [-0.2, 0) is 9.53 Å². The first-order valence-corrected chi connectivity index (χ1v) is 3.63.